The van der Waals surface area contributed by atoms with Gasteiger partial charge in [-0.25, -0.2) is 0 Å². The molecule has 0 atom stereocenters. The van der Waals surface area contributed by atoms with Crippen molar-refractivity contribution >= 4 is 65.9 Å². The van der Waals surface area contributed by atoms with E-state index in [9.17, 15) is 0 Å². The minimum Gasteiger partial charge on any atom is -0.491 e. The molecule has 0 rings (SSSR count). The van der Waals surface area contributed by atoms with Crippen LogP contribution in [0.15, 0.2) is 4.40 Å². The van der Waals surface area contributed by atoms with E-state index in [-0.39, 0.29) is 34.0 Å². The third-order valence-corrected chi connectivity index (χ3v) is 0.383. The van der Waals surface area contributed by atoms with Crippen LogP contribution in [0.5, 0.6) is 0 Å². The summed E-state index contributed by atoms with van der Waals surface area (Å²) in [5.41, 5.74) is 0. The van der Waals surface area contributed by atoms with Gasteiger partial charge < -0.3 is 17.5 Å². The highest BCUT2D eigenvalue weighted by Crippen LogP contribution is 1.58. The molecule has 6 heteroatoms. The largest absolute Gasteiger partial charge is 0.491 e. The minimum atomic E-state index is 0. The lowest BCUT2D eigenvalue weighted by atomic mass is 11.4. The Hall–Kier alpha value is 1.29. The Bertz CT molecular complexity index is 40.7. The van der Waals surface area contributed by atoms with Crippen molar-refractivity contribution in [1.29, 1.82) is 0 Å². The van der Waals surface area contributed by atoms with E-state index >= 15 is 0 Å². The Kier molecular flexibility index (Phi) is 35.2. The molecule has 0 unspecified atom stereocenters. The van der Waals surface area contributed by atoms with Gasteiger partial charge in [-0.1, -0.05) is 0 Å². The molecule has 0 heterocycles. The number of hydrogen-bond acceptors (Lipinski definition) is 3. The molecule has 46 valence electrons. The Labute approximate surface area is 74.8 Å². The quantitative estimate of drug-likeness (QED) is 0.299. The molecular formula is CH6Br2N2S2. The zero-order valence-electron chi connectivity index (χ0n) is 3.27. The van der Waals surface area contributed by atoms with E-state index in [4.69, 9.17) is 0 Å². The van der Waals surface area contributed by atoms with Crippen LogP contribution in [0, 0.1) is 0 Å². The summed E-state index contributed by atoms with van der Waals surface area (Å²) in [6.07, 6.45) is 1.43. The van der Waals surface area contributed by atoms with Gasteiger partial charge in [0.15, 0.2) is 6.34 Å². The topological polar surface area (TPSA) is 29.0 Å². The fourth-order valence-electron chi connectivity index (χ4n) is 0.0272. The fraction of sp³-hybridized carbons (Fsp3) is 0. The molecule has 0 bridgehead atoms. The van der Waals surface area contributed by atoms with Crippen LogP contribution in [0.4, 0.5) is 0 Å². The average molecular weight is 270 g/mol. The normalized spacial score (nSPS) is 7.14. The van der Waals surface area contributed by atoms with Crippen molar-refractivity contribution in [1.82, 2.24) is 0 Å². The van der Waals surface area contributed by atoms with Gasteiger partial charge >= 0.3 is 0 Å². The van der Waals surface area contributed by atoms with E-state index < -0.39 is 0 Å². The molecule has 0 fully saturated rings. The predicted octanol–water partition coefficient (Wildman–Crippen LogP) is 0.0406. The maximum absolute atomic E-state index is 4.33. The van der Waals surface area contributed by atoms with Crippen molar-refractivity contribution in [3.05, 3.63) is 0 Å². The minimum absolute atomic E-state index is 0. The molecule has 0 saturated carbocycles. The average Bonchev–Trinajstić information content (AvgIpc) is 1.41. The highest BCUT2D eigenvalue weighted by Gasteiger charge is 1.45. The first-order valence-corrected chi connectivity index (χ1v) is 1.90. The molecule has 2 N–H and O–H groups in total. The molecule has 0 aromatic carbocycles. The van der Waals surface area contributed by atoms with E-state index in [0.29, 0.717) is 0 Å². The molecule has 0 amide bonds. The van der Waals surface area contributed by atoms with Crippen molar-refractivity contribution in [2.24, 2.45) is 4.40 Å². The van der Waals surface area contributed by atoms with E-state index in [1.807, 2.05) is 0 Å². The van der Waals surface area contributed by atoms with Gasteiger partial charge in [-0.2, -0.15) is 4.40 Å². The van der Waals surface area contributed by atoms with E-state index in [0.717, 1.165) is 0 Å². The molecule has 0 aliphatic carbocycles. The highest BCUT2D eigenvalue weighted by atomic mass is 79.9. The Morgan fingerprint density at radius 3 is 2.00 bits per heavy atom. The Morgan fingerprint density at radius 2 is 2.00 bits per heavy atom. The van der Waals surface area contributed by atoms with Crippen LogP contribution in [0.1, 0.15) is 0 Å². The van der Waals surface area contributed by atoms with Gasteiger partial charge in [0.25, 0.3) is 0 Å². The highest BCUT2D eigenvalue weighted by molar-refractivity contribution is 8.93. The van der Waals surface area contributed by atoms with Crippen molar-refractivity contribution in [3.8, 4) is 0 Å². The third kappa shape index (κ3) is 18.8. The molecule has 2 nitrogen and oxygen atoms in total. The maximum Gasteiger partial charge on any atom is 0.175 e. The molecule has 0 aromatic heterocycles. The summed E-state index contributed by atoms with van der Waals surface area (Å²) in [5.74, 6) is 0. The molecule has 0 aliphatic heterocycles. The number of quaternary nitrogens is 1. The second-order valence-electron chi connectivity index (χ2n) is 0.401. The van der Waals surface area contributed by atoms with Gasteiger partial charge in [0.05, 0.1) is 0 Å². The molecule has 0 aromatic rings. The van der Waals surface area contributed by atoms with Crippen molar-refractivity contribution < 1.29 is 4.72 Å². The summed E-state index contributed by atoms with van der Waals surface area (Å²) in [4.78, 5) is 0. The second-order valence-corrected chi connectivity index (χ2v) is 0.904. The van der Waals surface area contributed by atoms with Crippen LogP contribution in [0.3, 0.4) is 0 Å². The molecule has 7 heavy (non-hydrogen) atoms. The summed E-state index contributed by atoms with van der Waals surface area (Å²) < 4.78 is 4.66. The van der Waals surface area contributed by atoms with E-state index in [2.05, 4.69) is 30.0 Å². The molecule has 0 aliphatic rings. The first kappa shape index (κ1) is 15.7. The lowest BCUT2D eigenvalue weighted by Crippen LogP contribution is -2.75. The summed E-state index contributed by atoms with van der Waals surface area (Å²) >= 11 is 7.80. The smallest absolute Gasteiger partial charge is 0.175 e. The monoisotopic (exact) mass is 268 g/mol. The van der Waals surface area contributed by atoms with Crippen molar-refractivity contribution in [2.75, 3.05) is 0 Å². The van der Waals surface area contributed by atoms with Crippen LogP contribution in [0.2, 0.25) is 0 Å². The molecular weight excluding hydrogens is 264 g/mol. The summed E-state index contributed by atoms with van der Waals surface area (Å²) in [5, 5.41) is 0. The Balaban J connectivity index is -0.0000000800. The van der Waals surface area contributed by atoms with Gasteiger partial charge in [0.1, 0.15) is 0 Å². The molecule has 0 radical (unpaired) electrons. The Morgan fingerprint density at radius 1 is 1.57 bits per heavy atom. The first-order valence-electron chi connectivity index (χ1n) is 1.03. The lowest BCUT2D eigenvalue weighted by molar-refractivity contribution is -0.324. The number of hydrogen-bond donors (Lipinski definition) is 2. The van der Waals surface area contributed by atoms with Gasteiger partial charge in [-0.15, -0.1) is 34.0 Å². The predicted molar refractivity (Wildman–Crippen MR) is 47.4 cm³/mol. The van der Waals surface area contributed by atoms with Crippen molar-refractivity contribution in [2.45, 2.75) is 0 Å². The zero-order valence-corrected chi connectivity index (χ0v) is 8.41. The van der Waals surface area contributed by atoms with Gasteiger partial charge in [0, 0.05) is 0 Å². The zero-order chi connectivity index (χ0) is 4.12. The number of nitrogens with two attached hydrogens (primary N) is 1. The van der Waals surface area contributed by atoms with Crippen LogP contribution in [-0.4, -0.2) is 6.34 Å². The van der Waals surface area contributed by atoms with E-state index in [1.165, 1.54) is 11.1 Å². The van der Waals surface area contributed by atoms with Crippen LogP contribution < -0.4 is 4.72 Å². The number of thiol groups is 1. The second kappa shape index (κ2) is 15.7. The van der Waals surface area contributed by atoms with Crippen LogP contribution in [-0.2, 0) is 12.8 Å². The summed E-state index contributed by atoms with van der Waals surface area (Å²) in [6, 6.07) is 0. The van der Waals surface area contributed by atoms with Gasteiger partial charge in [-0.3, -0.25) is 0 Å². The third-order valence-electron chi connectivity index (χ3n) is 0.128. The standard InChI is InChI=1S/CH4N2S2.2BrH/c4-2-1-3-5;;/h1,5H,2H2;2*1H. The van der Waals surface area contributed by atoms with Gasteiger partial charge in [0.2, 0.25) is 0 Å². The number of rotatable bonds is 1. The fourth-order valence-corrected chi connectivity index (χ4v) is 0.245. The first-order chi connectivity index (χ1) is 2.41. The molecule has 0 saturated heterocycles. The summed E-state index contributed by atoms with van der Waals surface area (Å²) in [6.45, 7) is 0. The number of halogens is 2. The van der Waals surface area contributed by atoms with Crippen LogP contribution in [0.25, 0.3) is 0 Å². The summed E-state index contributed by atoms with van der Waals surface area (Å²) in [7, 11) is 0. The van der Waals surface area contributed by atoms with Gasteiger partial charge in [-0.05, 0) is 12.8 Å². The lowest BCUT2D eigenvalue weighted by Gasteiger charge is -1.82. The molecule has 0 spiro atoms. The van der Waals surface area contributed by atoms with E-state index in [1.54, 1.807) is 0 Å². The SMILES string of the molecule is Br.Br.[S-][NH2+]C=NS. The van der Waals surface area contributed by atoms with Crippen molar-refractivity contribution in [3.63, 3.8) is 0 Å². The van der Waals surface area contributed by atoms with Crippen LogP contribution >= 0.6 is 46.8 Å². The number of nitrogens with zero attached hydrogens (tertiary/aromatic N) is 1. The maximum atomic E-state index is 4.33.